The molecule has 0 unspecified atom stereocenters. The number of aromatic nitrogens is 3. The van der Waals surface area contributed by atoms with Crippen molar-refractivity contribution in [1.82, 2.24) is 20.3 Å². The molecule has 1 amide bonds. The van der Waals surface area contributed by atoms with Crippen LogP contribution in [0.1, 0.15) is 6.92 Å². The van der Waals surface area contributed by atoms with Crippen LogP contribution < -0.4 is 20.9 Å². The van der Waals surface area contributed by atoms with Gasteiger partial charge in [0, 0.05) is 27.7 Å². The molecule has 8 nitrogen and oxygen atoms in total. The molecule has 0 aliphatic carbocycles. The molecular weight excluding hydrogens is 234 g/mol. The predicted octanol–water partition coefficient (Wildman–Crippen LogP) is -0.908. The van der Waals surface area contributed by atoms with Crippen molar-refractivity contribution in [2.45, 2.75) is 6.92 Å². The number of amides is 1. The van der Waals surface area contributed by atoms with Gasteiger partial charge in [-0.15, -0.1) is 0 Å². The van der Waals surface area contributed by atoms with Crippen LogP contribution in [0.5, 0.6) is 0 Å². The van der Waals surface area contributed by atoms with Crippen molar-refractivity contribution in [1.29, 1.82) is 0 Å². The molecule has 1 rings (SSSR count). The molecule has 0 atom stereocenters. The Labute approximate surface area is 106 Å². The largest absolute Gasteiger partial charge is 0.368 e. The molecule has 0 saturated heterocycles. The minimum Gasteiger partial charge on any atom is -0.368 e. The SMILES string of the molecule is CCNC(=O)CN(C)c1nc(N)nc(N(C)C)n1. The van der Waals surface area contributed by atoms with E-state index in [0.29, 0.717) is 18.4 Å². The maximum atomic E-state index is 11.5. The summed E-state index contributed by atoms with van der Waals surface area (Å²) in [5.41, 5.74) is 5.61. The molecule has 8 heteroatoms. The molecule has 1 aromatic heterocycles. The zero-order valence-corrected chi connectivity index (χ0v) is 11.1. The second kappa shape index (κ2) is 5.99. The van der Waals surface area contributed by atoms with Crippen LogP contribution in [0.2, 0.25) is 0 Å². The van der Waals surface area contributed by atoms with Crippen molar-refractivity contribution in [2.75, 3.05) is 49.8 Å². The number of carbonyl (C=O) groups excluding carboxylic acids is 1. The van der Waals surface area contributed by atoms with Gasteiger partial charge in [0.15, 0.2) is 0 Å². The van der Waals surface area contributed by atoms with Gasteiger partial charge in [-0.3, -0.25) is 4.79 Å². The third kappa shape index (κ3) is 3.72. The molecular formula is C10H19N7O. The maximum Gasteiger partial charge on any atom is 0.239 e. The van der Waals surface area contributed by atoms with E-state index in [1.54, 1.807) is 16.8 Å². The van der Waals surface area contributed by atoms with E-state index in [0.717, 1.165) is 0 Å². The Hall–Kier alpha value is -2.12. The fraction of sp³-hybridized carbons (Fsp3) is 0.600. The topological polar surface area (TPSA) is 100 Å². The summed E-state index contributed by atoms with van der Waals surface area (Å²) in [6.45, 7) is 2.63. The van der Waals surface area contributed by atoms with Crippen molar-refractivity contribution in [3.63, 3.8) is 0 Å². The van der Waals surface area contributed by atoms with Gasteiger partial charge in [0.1, 0.15) is 0 Å². The van der Waals surface area contributed by atoms with E-state index in [9.17, 15) is 4.79 Å². The Morgan fingerprint density at radius 1 is 1.22 bits per heavy atom. The lowest BCUT2D eigenvalue weighted by molar-refractivity contribution is -0.119. The summed E-state index contributed by atoms with van der Waals surface area (Å²) in [5, 5.41) is 2.70. The summed E-state index contributed by atoms with van der Waals surface area (Å²) in [5.74, 6) is 0.870. The van der Waals surface area contributed by atoms with Crippen molar-refractivity contribution in [3.8, 4) is 0 Å². The molecule has 0 radical (unpaired) electrons. The van der Waals surface area contributed by atoms with Gasteiger partial charge >= 0.3 is 0 Å². The van der Waals surface area contributed by atoms with Gasteiger partial charge in [0.2, 0.25) is 23.8 Å². The molecule has 0 aromatic carbocycles. The summed E-state index contributed by atoms with van der Waals surface area (Å²) < 4.78 is 0. The zero-order chi connectivity index (χ0) is 13.7. The fourth-order valence-electron chi connectivity index (χ4n) is 1.28. The van der Waals surface area contributed by atoms with E-state index in [2.05, 4.69) is 20.3 Å². The lowest BCUT2D eigenvalue weighted by Gasteiger charge is -2.18. The predicted molar refractivity (Wildman–Crippen MR) is 70.5 cm³/mol. The third-order valence-corrected chi connectivity index (χ3v) is 2.13. The fourth-order valence-corrected chi connectivity index (χ4v) is 1.28. The minimum absolute atomic E-state index is 0.0922. The van der Waals surface area contributed by atoms with E-state index in [-0.39, 0.29) is 18.4 Å². The Bertz CT molecular complexity index is 421. The highest BCUT2D eigenvalue weighted by Gasteiger charge is 2.12. The first-order chi connectivity index (χ1) is 8.43. The van der Waals surface area contributed by atoms with Crippen LogP contribution in [0.25, 0.3) is 0 Å². The zero-order valence-electron chi connectivity index (χ0n) is 11.1. The van der Waals surface area contributed by atoms with Crippen LogP contribution in [0.3, 0.4) is 0 Å². The summed E-state index contributed by atoms with van der Waals surface area (Å²) in [6.07, 6.45) is 0. The van der Waals surface area contributed by atoms with Gasteiger partial charge in [-0.05, 0) is 6.92 Å². The molecule has 0 aliphatic heterocycles. The molecule has 0 spiro atoms. The van der Waals surface area contributed by atoms with Crippen molar-refractivity contribution < 1.29 is 4.79 Å². The Morgan fingerprint density at radius 3 is 2.39 bits per heavy atom. The number of nitrogen functional groups attached to an aromatic ring is 1. The van der Waals surface area contributed by atoms with Gasteiger partial charge in [0.25, 0.3) is 0 Å². The smallest absolute Gasteiger partial charge is 0.239 e. The average Bonchev–Trinajstić information content (AvgIpc) is 2.28. The Balaban J connectivity index is 2.85. The normalized spacial score (nSPS) is 10.0. The van der Waals surface area contributed by atoms with E-state index in [4.69, 9.17) is 5.73 Å². The lowest BCUT2D eigenvalue weighted by Crippen LogP contribution is -2.36. The van der Waals surface area contributed by atoms with E-state index in [1.807, 2.05) is 21.0 Å². The second-order valence-corrected chi connectivity index (χ2v) is 4.00. The molecule has 0 aliphatic rings. The Kier molecular flexibility index (Phi) is 4.64. The highest BCUT2D eigenvalue weighted by Crippen LogP contribution is 2.11. The van der Waals surface area contributed by atoms with Crippen LogP contribution in [0, 0.1) is 0 Å². The molecule has 0 fully saturated rings. The highest BCUT2D eigenvalue weighted by molar-refractivity contribution is 5.80. The monoisotopic (exact) mass is 253 g/mol. The standard InChI is InChI=1S/C10H19N7O/c1-5-12-7(18)6-17(4)10-14-8(11)13-9(15-10)16(2)3/h5-6H2,1-4H3,(H,12,18)(H2,11,13,14,15). The van der Waals surface area contributed by atoms with Gasteiger partial charge in [0.05, 0.1) is 6.54 Å². The first-order valence-electron chi connectivity index (χ1n) is 5.60. The number of nitrogens with two attached hydrogens (primary N) is 1. The lowest BCUT2D eigenvalue weighted by atomic mass is 10.5. The second-order valence-electron chi connectivity index (χ2n) is 4.00. The third-order valence-electron chi connectivity index (χ3n) is 2.13. The molecule has 3 N–H and O–H groups in total. The van der Waals surface area contributed by atoms with Crippen LogP contribution in [0.15, 0.2) is 0 Å². The first kappa shape index (κ1) is 13.9. The first-order valence-corrected chi connectivity index (χ1v) is 5.60. The Morgan fingerprint density at radius 2 is 1.83 bits per heavy atom. The summed E-state index contributed by atoms with van der Waals surface area (Å²) in [7, 11) is 5.34. The summed E-state index contributed by atoms with van der Waals surface area (Å²) in [4.78, 5) is 27.0. The molecule has 18 heavy (non-hydrogen) atoms. The number of hydrogen-bond acceptors (Lipinski definition) is 7. The van der Waals surface area contributed by atoms with Crippen molar-refractivity contribution in [2.24, 2.45) is 0 Å². The molecule has 100 valence electrons. The molecule has 0 saturated carbocycles. The number of hydrogen-bond donors (Lipinski definition) is 2. The van der Waals surface area contributed by atoms with Crippen molar-refractivity contribution >= 4 is 23.8 Å². The number of likely N-dealkylation sites (N-methyl/N-ethyl adjacent to an activating group) is 2. The summed E-state index contributed by atoms with van der Waals surface area (Å²) >= 11 is 0. The summed E-state index contributed by atoms with van der Waals surface area (Å²) in [6, 6.07) is 0. The quantitative estimate of drug-likeness (QED) is 0.700. The maximum absolute atomic E-state index is 11.5. The minimum atomic E-state index is -0.0922. The van der Waals surface area contributed by atoms with Crippen LogP contribution in [-0.2, 0) is 4.79 Å². The number of rotatable bonds is 5. The average molecular weight is 253 g/mol. The number of anilines is 3. The van der Waals surface area contributed by atoms with Crippen molar-refractivity contribution in [3.05, 3.63) is 0 Å². The van der Waals surface area contributed by atoms with Crippen LogP contribution in [-0.4, -0.2) is 55.1 Å². The van der Waals surface area contributed by atoms with E-state index >= 15 is 0 Å². The van der Waals surface area contributed by atoms with Gasteiger partial charge in [-0.25, -0.2) is 0 Å². The van der Waals surface area contributed by atoms with Gasteiger partial charge in [-0.2, -0.15) is 15.0 Å². The van der Waals surface area contributed by atoms with Crippen LogP contribution >= 0.6 is 0 Å². The van der Waals surface area contributed by atoms with Gasteiger partial charge < -0.3 is 20.9 Å². The highest BCUT2D eigenvalue weighted by atomic mass is 16.2. The number of nitrogens with zero attached hydrogens (tertiary/aromatic N) is 5. The molecule has 1 aromatic rings. The van der Waals surface area contributed by atoms with Gasteiger partial charge in [-0.1, -0.05) is 0 Å². The van der Waals surface area contributed by atoms with Crippen LogP contribution in [0.4, 0.5) is 17.8 Å². The molecule has 1 heterocycles. The number of nitrogens with one attached hydrogen (secondary N) is 1. The van der Waals surface area contributed by atoms with E-state index in [1.165, 1.54) is 0 Å². The molecule has 0 bridgehead atoms. The van der Waals surface area contributed by atoms with E-state index < -0.39 is 0 Å². The number of carbonyl (C=O) groups is 1.